The summed E-state index contributed by atoms with van der Waals surface area (Å²) in [6.07, 6.45) is -4.60. The number of H-pyrrole nitrogens is 1. The maximum atomic E-state index is 13.5. The van der Waals surface area contributed by atoms with Crippen LogP contribution in [0.3, 0.4) is 0 Å². The van der Waals surface area contributed by atoms with E-state index in [0.29, 0.717) is 5.06 Å². The molecule has 2 heterocycles. The third-order valence-corrected chi connectivity index (χ3v) is 5.86. The molecule has 4 N–H and O–H groups in total. The van der Waals surface area contributed by atoms with E-state index in [-0.39, 0.29) is 28.3 Å². The largest absolute Gasteiger partial charge is 0.444 e. The summed E-state index contributed by atoms with van der Waals surface area (Å²) in [5, 5.41) is 2.66. The molecule has 0 saturated carbocycles. The molecule has 0 radical (unpaired) electrons. The minimum absolute atomic E-state index is 0.0654. The second-order valence-electron chi connectivity index (χ2n) is 6.93. The van der Waals surface area contributed by atoms with Crippen LogP contribution in [0.4, 0.5) is 13.2 Å². The zero-order valence-corrected chi connectivity index (χ0v) is 18.7. The van der Waals surface area contributed by atoms with Gasteiger partial charge in [-0.3, -0.25) is 20.0 Å². The van der Waals surface area contributed by atoms with Gasteiger partial charge in [-0.25, -0.2) is 0 Å². The van der Waals surface area contributed by atoms with Crippen molar-refractivity contribution in [3.05, 3.63) is 46.5 Å². The Bertz CT molecular complexity index is 1130. The Morgan fingerprint density at radius 2 is 1.97 bits per heavy atom. The lowest BCUT2D eigenvalue weighted by molar-refractivity contribution is -0.136. The Labute approximate surface area is 187 Å². The summed E-state index contributed by atoms with van der Waals surface area (Å²) in [6, 6.07) is 7.03. The fourth-order valence-electron chi connectivity index (χ4n) is 3.16. The number of nitrogens with one attached hydrogen (secondary N) is 2. The highest BCUT2D eigenvalue weighted by atomic mass is 32.1. The molecule has 3 rings (SSSR count). The van der Waals surface area contributed by atoms with Crippen LogP contribution in [0.2, 0.25) is 0 Å². The molecule has 0 unspecified atom stereocenters. The van der Waals surface area contributed by atoms with E-state index in [4.69, 9.17) is 10.5 Å². The average molecular weight is 468 g/mol. The molecule has 0 bridgehead atoms. The van der Waals surface area contributed by atoms with Crippen molar-refractivity contribution in [2.75, 3.05) is 20.1 Å². The first kappa shape index (κ1) is 23.6. The van der Waals surface area contributed by atoms with Gasteiger partial charge in [-0.1, -0.05) is 13.8 Å². The second-order valence-corrected chi connectivity index (χ2v) is 8.06. The standard InChI is InChI=1S/C21H24F3N5O2S/c1-4-29(5-2)11-12-6-9-17(32-12)31-16-8-7-14(21(22,23)24)13-10-15(27-18(13)16)19(30)28-20(25)26-3/h6-10,27H,4-5,11H2,1-3H3,(H3,25,26,28,30). The molecule has 32 heavy (non-hydrogen) atoms. The molecule has 7 nitrogen and oxygen atoms in total. The number of aromatic amines is 1. The number of rotatable bonds is 7. The number of nitrogens with zero attached hydrogens (tertiary/aromatic N) is 2. The number of benzene rings is 1. The Kier molecular flexibility index (Phi) is 7.09. The number of halogens is 3. The predicted molar refractivity (Wildman–Crippen MR) is 119 cm³/mol. The summed E-state index contributed by atoms with van der Waals surface area (Å²) in [7, 11) is 1.38. The number of aliphatic imine (C=N–C) groups is 1. The van der Waals surface area contributed by atoms with Crippen LogP contribution in [0.5, 0.6) is 10.8 Å². The van der Waals surface area contributed by atoms with Gasteiger partial charge in [0.2, 0.25) is 0 Å². The molecule has 11 heteroatoms. The van der Waals surface area contributed by atoms with Crippen molar-refractivity contribution in [3.8, 4) is 10.8 Å². The minimum atomic E-state index is -4.60. The van der Waals surface area contributed by atoms with Crippen LogP contribution in [0.25, 0.3) is 10.9 Å². The van der Waals surface area contributed by atoms with Gasteiger partial charge in [-0.2, -0.15) is 13.2 Å². The number of guanidine groups is 1. The molecule has 0 spiro atoms. The van der Waals surface area contributed by atoms with Gasteiger partial charge in [0.15, 0.2) is 16.8 Å². The van der Waals surface area contributed by atoms with Crippen molar-refractivity contribution in [1.29, 1.82) is 0 Å². The average Bonchev–Trinajstić information content (AvgIpc) is 3.38. The van der Waals surface area contributed by atoms with Gasteiger partial charge in [0.05, 0.1) is 11.1 Å². The maximum Gasteiger partial charge on any atom is 0.417 e. The van der Waals surface area contributed by atoms with E-state index < -0.39 is 17.6 Å². The van der Waals surface area contributed by atoms with E-state index in [2.05, 4.69) is 34.0 Å². The van der Waals surface area contributed by atoms with E-state index in [1.807, 2.05) is 6.07 Å². The van der Waals surface area contributed by atoms with E-state index in [1.165, 1.54) is 24.5 Å². The number of alkyl halides is 3. The highest BCUT2D eigenvalue weighted by Gasteiger charge is 2.34. The van der Waals surface area contributed by atoms with Crippen LogP contribution >= 0.6 is 11.3 Å². The third kappa shape index (κ3) is 5.22. The molecule has 0 aliphatic rings. The number of ether oxygens (including phenoxy) is 1. The Hall–Kier alpha value is -3.05. The van der Waals surface area contributed by atoms with Crippen molar-refractivity contribution in [3.63, 3.8) is 0 Å². The van der Waals surface area contributed by atoms with E-state index in [0.717, 1.165) is 36.6 Å². The number of nitrogens with two attached hydrogens (primary N) is 1. The van der Waals surface area contributed by atoms with Crippen LogP contribution in [0.15, 0.2) is 35.3 Å². The summed E-state index contributed by atoms with van der Waals surface area (Å²) in [4.78, 5) is 22.0. The first-order chi connectivity index (χ1) is 15.2. The van der Waals surface area contributed by atoms with Crippen molar-refractivity contribution >= 4 is 34.1 Å². The molecule has 172 valence electrons. The number of aromatic nitrogens is 1. The van der Waals surface area contributed by atoms with Gasteiger partial charge in [0.1, 0.15) is 5.69 Å². The first-order valence-electron chi connectivity index (χ1n) is 9.91. The summed E-state index contributed by atoms with van der Waals surface area (Å²) >= 11 is 1.42. The zero-order valence-electron chi connectivity index (χ0n) is 17.8. The molecular weight excluding hydrogens is 443 g/mol. The summed E-state index contributed by atoms with van der Waals surface area (Å²) < 4.78 is 46.5. The molecule has 0 aliphatic heterocycles. The Morgan fingerprint density at radius 1 is 1.25 bits per heavy atom. The third-order valence-electron chi connectivity index (χ3n) is 4.91. The normalized spacial score (nSPS) is 12.5. The molecule has 0 atom stereocenters. The first-order valence-corrected chi connectivity index (χ1v) is 10.7. The molecular formula is C21H24F3N5O2S. The second kappa shape index (κ2) is 9.61. The van der Waals surface area contributed by atoms with E-state index >= 15 is 0 Å². The quantitative estimate of drug-likeness (QED) is 0.351. The smallest absolute Gasteiger partial charge is 0.417 e. The van der Waals surface area contributed by atoms with Gasteiger partial charge in [0, 0.05) is 23.9 Å². The van der Waals surface area contributed by atoms with Gasteiger partial charge in [0.25, 0.3) is 5.91 Å². The highest BCUT2D eigenvalue weighted by molar-refractivity contribution is 7.13. The zero-order chi connectivity index (χ0) is 23.5. The molecule has 1 amide bonds. The fraction of sp³-hybridized carbons (Fsp3) is 0.333. The summed E-state index contributed by atoms with van der Waals surface area (Å²) in [5.74, 6) is -0.679. The number of carbonyl (C=O) groups excluding carboxylic acids is 1. The number of carbonyl (C=O) groups is 1. The fourth-order valence-corrected chi connectivity index (χ4v) is 4.07. The molecule has 1 aromatic carbocycles. The number of hydrogen-bond donors (Lipinski definition) is 3. The SMILES string of the molecule is CCN(CC)Cc1ccc(Oc2ccc(C(F)(F)F)c3cc(C(=O)NC(N)=NC)[nH]c23)s1. The van der Waals surface area contributed by atoms with Crippen LogP contribution in [0, 0.1) is 0 Å². The lowest BCUT2D eigenvalue weighted by Gasteiger charge is -2.16. The predicted octanol–water partition coefficient (Wildman–Crippen LogP) is 4.56. The van der Waals surface area contributed by atoms with Crippen LogP contribution in [-0.2, 0) is 12.7 Å². The number of amides is 1. The maximum absolute atomic E-state index is 13.5. The summed E-state index contributed by atoms with van der Waals surface area (Å²) in [5.41, 5.74) is 4.59. The van der Waals surface area contributed by atoms with Gasteiger partial charge in [-0.05, 0) is 43.4 Å². The van der Waals surface area contributed by atoms with Gasteiger partial charge < -0.3 is 15.5 Å². The molecule has 3 aromatic rings. The molecule has 0 aliphatic carbocycles. The van der Waals surface area contributed by atoms with Crippen LogP contribution in [-0.4, -0.2) is 41.9 Å². The Morgan fingerprint density at radius 3 is 2.59 bits per heavy atom. The van der Waals surface area contributed by atoms with Gasteiger partial charge >= 0.3 is 6.18 Å². The number of thiophene rings is 1. The number of hydrogen-bond acceptors (Lipinski definition) is 5. The van der Waals surface area contributed by atoms with Crippen molar-refractivity contribution in [2.24, 2.45) is 10.7 Å². The lowest BCUT2D eigenvalue weighted by atomic mass is 10.1. The van der Waals surface area contributed by atoms with Crippen molar-refractivity contribution in [1.82, 2.24) is 15.2 Å². The molecule has 0 fully saturated rings. The lowest BCUT2D eigenvalue weighted by Crippen LogP contribution is -2.36. The van der Waals surface area contributed by atoms with E-state index in [1.54, 1.807) is 6.07 Å². The Balaban J connectivity index is 1.97. The minimum Gasteiger partial charge on any atom is -0.444 e. The van der Waals surface area contributed by atoms with Gasteiger partial charge in [-0.15, -0.1) is 11.3 Å². The van der Waals surface area contributed by atoms with Crippen LogP contribution in [0.1, 0.15) is 34.8 Å². The summed E-state index contributed by atoms with van der Waals surface area (Å²) in [6.45, 7) is 6.73. The van der Waals surface area contributed by atoms with E-state index in [9.17, 15) is 18.0 Å². The molecule has 2 aromatic heterocycles. The molecule has 0 saturated heterocycles. The number of fused-ring (bicyclic) bond motifs is 1. The van der Waals surface area contributed by atoms with Crippen molar-refractivity contribution < 1.29 is 22.7 Å². The highest BCUT2D eigenvalue weighted by Crippen LogP contribution is 2.40. The monoisotopic (exact) mass is 467 g/mol. The van der Waals surface area contributed by atoms with Crippen molar-refractivity contribution in [2.45, 2.75) is 26.6 Å². The van der Waals surface area contributed by atoms with Crippen LogP contribution < -0.4 is 15.8 Å². The topological polar surface area (TPSA) is 95.7 Å².